The maximum Gasteiger partial charge on any atom is 0.313 e. The summed E-state index contributed by atoms with van der Waals surface area (Å²) in [6.45, 7) is 3.98. The number of benzene rings is 1. The van der Waals surface area contributed by atoms with Gasteiger partial charge in [-0.1, -0.05) is 24.3 Å². The molecule has 0 radical (unpaired) electrons. The summed E-state index contributed by atoms with van der Waals surface area (Å²) >= 11 is 0. The van der Waals surface area contributed by atoms with Crippen molar-refractivity contribution in [3.63, 3.8) is 0 Å². The molecule has 5 heteroatoms. The molecule has 2 amide bonds. The number of hydrogen-bond acceptors (Lipinski definition) is 4. The molecule has 5 aliphatic rings. The Morgan fingerprint density at radius 1 is 1.07 bits per heavy atom. The highest BCUT2D eigenvalue weighted by Gasteiger charge is 2.66. The number of allylic oxidation sites excluding steroid dienone is 2. The Morgan fingerprint density at radius 3 is 2.33 bits per heavy atom. The number of imide groups is 1. The first-order valence-electron chi connectivity index (χ1n) is 9.78. The van der Waals surface area contributed by atoms with Crippen LogP contribution < -0.4 is 4.74 Å². The van der Waals surface area contributed by atoms with Crippen molar-refractivity contribution < 1.29 is 19.1 Å². The second kappa shape index (κ2) is 5.78. The largest absolute Gasteiger partial charge is 0.426 e. The van der Waals surface area contributed by atoms with Gasteiger partial charge in [0.05, 0.1) is 18.3 Å². The summed E-state index contributed by atoms with van der Waals surface area (Å²) in [6.07, 6.45) is 5.49. The highest BCUT2D eigenvalue weighted by atomic mass is 16.5. The van der Waals surface area contributed by atoms with Gasteiger partial charge in [0.1, 0.15) is 5.75 Å². The van der Waals surface area contributed by atoms with Gasteiger partial charge in [0, 0.05) is 6.54 Å². The molecule has 27 heavy (non-hydrogen) atoms. The molecular formula is C22H23NO4. The lowest BCUT2D eigenvalue weighted by Gasteiger charge is -2.37. The van der Waals surface area contributed by atoms with Gasteiger partial charge >= 0.3 is 5.97 Å². The van der Waals surface area contributed by atoms with Gasteiger partial charge in [-0.15, -0.1) is 0 Å². The zero-order valence-electron chi connectivity index (χ0n) is 15.6. The normalized spacial score (nSPS) is 35.3. The lowest BCUT2D eigenvalue weighted by atomic mass is 9.63. The van der Waals surface area contributed by atoms with Crippen LogP contribution in [0.3, 0.4) is 0 Å². The van der Waals surface area contributed by atoms with E-state index in [4.69, 9.17) is 4.74 Å². The van der Waals surface area contributed by atoms with Crippen molar-refractivity contribution in [2.75, 3.05) is 6.54 Å². The molecule has 3 fully saturated rings. The molecule has 4 aliphatic carbocycles. The zero-order chi connectivity index (χ0) is 18.9. The van der Waals surface area contributed by atoms with Gasteiger partial charge in [-0.2, -0.15) is 0 Å². The van der Waals surface area contributed by atoms with E-state index in [1.807, 2.05) is 26.0 Å². The summed E-state index contributed by atoms with van der Waals surface area (Å²) in [4.78, 5) is 39.4. The van der Waals surface area contributed by atoms with E-state index in [9.17, 15) is 14.4 Å². The summed E-state index contributed by atoms with van der Waals surface area (Å²) < 4.78 is 5.45. The first-order chi connectivity index (χ1) is 13.0. The van der Waals surface area contributed by atoms with Gasteiger partial charge in [0.2, 0.25) is 11.8 Å². The number of rotatable bonds is 4. The Bertz CT molecular complexity index is 852. The van der Waals surface area contributed by atoms with E-state index < -0.39 is 5.97 Å². The van der Waals surface area contributed by atoms with Crippen LogP contribution in [-0.4, -0.2) is 29.2 Å². The lowest BCUT2D eigenvalue weighted by Crippen LogP contribution is -2.40. The predicted octanol–water partition coefficient (Wildman–Crippen LogP) is 2.65. The molecule has 1 aromatic carbocycles. The summed E-state index contributed by atoms with van der Waals surface area (Å²) in [5.74, 6) is 1.15. The zero-order valence-corrected chi connectivity index (χ0v) is 15.6. The standard InChI is InChI=1S/C22H23NO4/c1-11-4-3-5-17(12(11)2)27-18(24)8-9-23-21(25)19-13-6-7-14(16-10-15(13)16)20(19)22(23)26/h3-7,13-16,19-20H,8-10H2,1-2H3. The maximum atomic E-state index is 12.9. The molecule has 2 saturated carbocycles. The lowest BCUT2D eigenvalue weighted by molar-refractivity contribution is -0.141. The summed E-state index contributed by atoms with van der Waals surface area (Å²) in [7, 11) is 0. The number of carbonyl (C=O) groups excluding carboxylic acids is 3. The number of likely N-dealkylation sites (tertiary alicyclic amines) is 1. The molecule has 0 aromatic heterocycles. The minimum Gasteiger partial charge on any atom is -0.426 e. The highest BCUT2D eigenvalue weighted by molar-refractivity contribution is 6.06. The molecule has 2 bridgehead atoms. The van der Waals surface area contributed by atoms with Crippen LogP contribution in [0.15, 0.2) is 30.4 Å². The number of nitrogens with zero attached hydrogens (tertiary/aromatic N) is 1. The van der Waals surface area contributed by atoms with Crippen molar-refractivity contribution in [1.29, 1.82) is 0 Å². The van der Waals surface area contributed by atoms with Crippen molar-refractivity contribution in [3.05, 3.63) is 41.5 Å². The van der Waals surface area contributed by atoms with Crippen LogP contribution in [0, 0.1) is 49.4 Å². The van der Waals surface area contributed by atoms with E-state index in [0.29, 0.717) is 17.6 Å². The van der Waals surface area contributed by atoms with Crippen molar-refractivity contribution >= 4 is 17.8 Å². The Balaban J connectivity index is 1.26. The average Bonchev–Trinajstić information content (AvgIpc) is 3.43. The molecule has 140 valence electrons. The minimum atomic E-state index is -0.414. The van der Waals surface area contributed by atoms with Crippen molar-refractivity contribution in [1.82, 2.24) is 4.90 Å². The Kier molecular flexibility index (Phi) is 3.58. The van der Waals surface area contributed by atoms with E-state index in [2.05, 4.69) is 12.2 Å². The third-order valence-electron chi connectivity index (χ3n) is 7.07. The molecule has 0 spiro atoms. The van der Waals surface area contributed by atoms with Gasteiger partial charge in [-0.3, -0.25) is 19.3 Å². The van der Waals surface area contributed by atoms with Gasteiger partial charge in [-0.05, 0) is 61.1 Å². The maximum absolute atomic E-state index is 12.9. The summed E-state index contributed by atoms with van der Waals surface area (Å²) in [5, 5.41) is 0. The monoisotopic (exact) mass is 365 g/mol. The van der Waals surface area contributed by atoms with Crippen LogP contribution in [0.25, 0.3) is 0 Å². The quantitative estimate of drug-likeness (QED) is 0.356. The summed E-state index contributed by atoms with van der Waals surface area (Å²) in [6, 6.07) is 5.57. The molecule has 6 rings (SSSR count). The number of ether oxygens (including phenoxy) is 1. The highest BCUT2D eigenvalue weighted by Crippen LogP contribution is 2.65. The molecule has 1 heterocycles. The van der Waals surface area contributed by atoms with E-state index in [1.165, 1.54) is 4.90 Å². The van der Waals surface area contributed by atoms with Gasteiger partial charge in [-0.25, -0.2) is 0 Å². The van der Waals surface area contributed by atoms with Crippen LogP contribution in [-0.2, 0) is 14.4 Å². The molecule has 1 aliphatic heterocycles. The van der Waals surface area contributed by atoms with Gasteiger partial charge in [0.25, 0.3) is 0 Å². The number of amides is 2. The fraction of sp³-hybridized carbons (Fsp3) is 0.500. The molecule has 1 aromatic rings. The first kappa shape index (κ1) is 16.7. The fourth-order valence-corrected chi connectivity index (χ4v) is 5.45. The SMILES string of the molecule is Cc1cccc(OC(=O)CCN2C(=O)C3C4C=CC(C5CC45)C3C2=O)c1C. The van der Waals surface area contributed by atoms with Crippen LogP contribution in [0.4, 0.5) is 0 Å². The van der Waals surface area contributed by atoms with E-state index in [-0.39, 0.29) is 48.5 Å². The second-order valence-corrected chi connectivity index (χ2v) is 8.40. The molecule has 6 unspecified atom stereocenters. The number of esters is 1. The van der Waals surface area contributed by atoms with E-state index in [0.717, 1.165) is 17.5 Å². The third-order valence-corrected chi connectivity index (χ3v) is 7.07. The Morgan fingerprint density at radius 2 is 1.70 bits per heavy atom. The van der Waals surface area contributed by atoms with Crippen LogP contribution in [0.2, 0.25) is 0 Å². The van der Waals surface area contributed by atoms with Crippen molar-refractivity contribution in [2.45, 2.75) is 26.7 Å². The Hall–Kier alpha value is -2.43. The Labute approximate surface area is 158 Å². The molecule has 1 saturated heterocycles. The number of aryl methyl sites for hydroxylation is 1. The smallest absolute Gasteiger partial charge is 0.313 e. The van der Waals surface area contributed by atoms with E-state index in [1.54, 1.807) is 6.07 Å². The second-order valence-electron chi connectivity index (χ2n) is 8.40. The van der Waals surface area contributed by atoms with Crippen molar-refractivity contribution in [3.8, 4) is 5.75 Å². The fourth-order valence-electron chi connectivity index (χ4n) is 5.45. The number of hydrogen-bond donors (Lipinski definition) is 0. The van der Waals surface area contributed by atoms with E-state index >= 15 is 0 Å². The molecule has 0 N–H and O–H groups in total. The summed E-state index contributed by atoms with van der Waals surface area (Å²) in [5.41, 5.74) is 1.97. The molecule has 5 nitrogen and oxygen atoms in total. The number of carbonyl (C=O) groups is 3. The average molecular weight is 365 g/mol. The van der Waals surface area contributed by atoms with Gasteiger partial charge < -0.3 is 4.74 Å². The first-order valence-corrected chi connectivity index (χ1v) is 9.78. The third kappa shape index (κ3) is 2.40. The van der Waals surface area contributed by atoms with Crippen LogP contribution in [0.5, 0.6) is 5.75 Å². The molecule has 6 atom stereocenters. The topological polar surface area (TPSA) is 63.7 Å². The minimum absolute atomic E-state index is 0.0277. The van der Waals surface area contributed by atoms with Crippen LogP contribution >= 0.6 is 0 Å². The van der Waals surface area contributed by atoms with Crippen LogP contribution in [0.1, 0.15) is 24.0 Å². The van der Waals surface area contributed by atoms with Gasteiger partial charge in [0.15, 0.2) is 0 Å². The predicted molar refractivity (Wildman–Crippen MR) is 97.6 cm³/mol. The molecular weight excluding hydrogens is 342 g/mol. The van der Waals surface area contributed by atoms with Crippen molar-refractivity contribution in [2.24, 2.45) is 35.5 Å².